The Kier molecular flexibility index (Phi) is 8.71. The van der Waals surface area contributed by atoms with Crippen LogP contribution in [0.15, 0.2) is 59.6 Å². The average molecular weight is 534 g/mol. The molecule has 2 aliphatic rings. The summed E-state index contributed by atoms with van der Waals surface area (Å²) in [5.74, 6) is 1.36. The SMILES string of the molecule is CN=C(NCC(=O)N1CCc2ccccc21)N1CCC(COCc2ccccc2)C1.I. The lowest BCUT2D eigenvalue weighted by atomic mass is 10.1. The highest BCUT2D eigenvalue weighted by Crippen LogP contribution is 2.27. The number of carbonyl (C=O) groups excluding carboxylic acids is 1. The first-order valence-electron chi connectivity index (χ1n) is 10.7. The van der Waals surface area contributed by atoms with Gasteiger partial charge in [-0.3, -0.25) is 9.79 Å². The van der Waals surface area contributed by atoms with E-state index in [0.717, 1.165) is 50.7 Å². The second-order valence-corrected chi connectivity index (χ2v) is 7.93. The number of aliphatic imine (C=N–C) groups is 1. The van der Waals surface area contributed by atoms with Crippen molar-refractivity contribution in [2.24, 2.45) is 10.9 Å². The number of guanidine groups is 1. The van der Waals surface area contributed by atoms with E-state index < -0.39 is 0 Å². The number of para-hydroxylation sites is 1. The van der Waals surface area contributed by atoms with Gasteiger partial charge in [-0.2, -0.15) is 0 Å². The maximum absolute atomic E-state index is 12.8. The Bertz CT molecular complexity index is 890. The molecule has 0 spiro atoms. The van der Waals surface area contributed by atoms with E-state index in [1.807, 2.05) is 41.3 Å². The van der Waals surface area contributed by atoms with Crippen molar-refractivity contribution >= 4 is 41.5 Å². The molecule has 2 heterocycles. The predicted molar refractivity (Wildman–Crippen MR) is 135 cm³/mol. The number of hydrogen-bond acceptors (Lipinski definition) is 3. The summed E-state index contributed by atoms with van der Waals surface area (Å²) >= 11 is 0. The van der Waals surface area contributed by atoms with Crippen molar-refractivity contribution < 1.29 is 9.53 Å². The summed E-state index contributed by atoms with van der Waals surface area (Å²) in [6.45, 7) is 4.23. The molecule has 4 rings (SSSR count). The van der Waals surface area contributed by atoms with E-state index in [0.29, 0.717) is 12.5 Å². The Labute approximate surface area is 201 Å². The van der Waals surface area contributed by atoms with Gasteiger partial charge in [-0.05, 0) is 30.0 Å². The lowest BCUT2D eigenvalue weighted by Gasteiger charge is -2.23. The third kappa shape index (κ3) is 5.98. The summed E-state index contributed by atoms with van der Waals surface area (Å²) in [5, 5.41) is 3.27. The monoisotopic (exact) mass is 534 g/mol. The minimum Gasteiger partial charge on any atom is -0.376 e. The zero-order chi connectivity index (χ0) is 20.8. The third-order valence-corrected chi connectivity index (χ3v) is 5.85. The summed E-state index contributed by atoms with van der Waals surface area (Å²) in [5.41, 5.74) is 3.48. The summed E-state index contributed by atoms with van der Waals surface area (Å²) in [6.07, 6.45) is 2.00. The van der Waals surface area contributed by atoms with E-state index in [1.54, 1.807) is 7.05 Å². The van der Waals surface area contributed by atoms with Crippen molar-refractivity contribution in [3.63, 3.8) is 0 Å². The molecule has 2 aromatic rings. The molecule has 1 amide bonds. The van der Waals surface area contributed by atoms with E-state index in [9.17, 15) is 4.79 Å². The maximum Gasteiger partial charge on any atom is 0.246 e. The van der Waals surface area contributed by atoms with Gasteiger partial charge in [0, 0.05) is 38.3 Å². The summed E-state index contributed by atoms with van der Waals surface area (Å²) in [6, 6.07) is 18.4. The van der Waals surface area contributed by atoms with Gasteiger partial charge >= 0.3 is 0 Å². The van der Waals surface area contributed by atoms with Gasteiger partial charge in [-0.1, -0.05) is 48.5 Å². The Balaban J connectivity index is 0.00000272. The second kappa shape index (κ2) is 11.5. The van der Waals surface area contributed by atoms with Crippen LogP contribution in [0.4, 0.5) is 5.69 Å². The van der Waals surface area contributed by atoms with Crippen molar-refractivity contribution in [1.82, 2.24) is 10.2 Å². The molecular formula is C24H31IN4O2. The van der Waals surface area contributed by atoms with Gasteiger partial charge in [-0.25, -0.2) is 0 Å². The molecule has 1 saturated heterocycles. The van der Waals surface area contributed by atoms with Gasteiger partial charge in [0.1, 0.15) is 0 Å². The van der Waals surface area contributed by atoms with Crippen molar-refractivity contribution in [1.29, 1.82) is 0 Å². The van der Waals surface area contributed by atoms with Gasteiger partial charge in [-0.15, -0.1) is 24.0 Å². The first-order chi connectivity index (χ1) is 14.7. The smallest absolute Gasteiger partial charge is 0.246 e. The van der Waals surface area contributed by atoms with Crippen molar-refractivity contribution in [2.75, 3.05) is 44.7 Å². The number of nitrogens with one attached hydrogen (secondary N) is 1. The maximum atomic E-state index is 12.8. The number of benzene rings is 2. The van der Waals surface area contributed by atoms with Crippen LogP contribution in [0.1, 0.15) is 17.5 Å². The normalized spacial score (nSPS) is 18.0. The molecule has 0 saturated carbocycles. The Morgan fingerprint density at radius 3 is 2.71 bits per heavy atom. The summed E-state index contributed by atoms with van der Waals surface area (Å²) in [4.78, 5) is 21.2. The van der Waals surface area contributed by atoms with Crippen LogP contribution in [-0.2, 0) is 22.6 Å². The summed E-state index contributed by atoms with van der Waals surface area (Å²) < 4.78 is 5.92. The molecule has 2 aromatic carbocycles. The molecule has 31 heavy (non-hydrogen) atoms. The number of halogens is 1. The Morgan fingerprint density at radius 1 is 1.13 bits per heavy atom. The lowest BCUT2D eigenvalue weighted by Crippen LogP contribution is -2.45. The van der Waals surface area contributed by atoms with E-state index in [-0.39, 0.29) is 36.4 Å². The molecule has 1 unspecified atom stereocenters. The van der Waals surface area contributed by atoms with Crippen LogP contribution in [0.25, 0.3) is 0 Å². The number of hydrogen-bond donors (Lipinski definition) is 1. The third-order valence-electron chi connectivity index (χ3n) is 5.85. The summed E-state index contributed by atoms with van der Waals surface area (Å²) in [7, 11) is 1.77. The van der Waals surface area contributed by atoms with Crippen LogP contribution in [0.3, 0.4) is 0 Å². The fraction of sp³-hybridized carbons (Fsp3) is 0.417. The van der Waals surface area contributed by atoms with Gasteiger partial charge in [0.25, 0.3) is 0 Å². The molecule has 0 aliphatic carbocycles. The van der Waals surface area contributed by atoms with Gasteiger partial charge in [0.15, 0.2) is 5.96 Å². The lowest BCUT2D eigenvalue weighted by molar-refractivity contribution is -0.117. The number of amides is 1. The van der Waals surface area contributed by atoms with Gasteiger partial charge in [0.2, 0.25) is 5.91 Å². The fourth-order valence-electron chi connectivity index (χ4n) is 4.26. The molecule has 0 aromatic heterocycles. The highest BCUT2D eigenvalue weighted by atomic mass is 127. The molecule has 1 fully saturated rings. The van der Waals surface area contributed by atoms with Crippen LogP contribution in [0.5, 0.6) is 0 Å². The zero-order valence-electron chi connectivity index (χ0n) is 18.0. The number of nitrogens with zero attached hydrogens (tertiary/aromatic N) is 3. The molecule has 0 bridgehead atoms. The first-order valence-corrected chi connectivity index (χ1v) is 10.7. The van der Waals surface area contributed by atoms with Crippen LogP contribution >= 0.6 is 24.0 Å². The second-order valence-electron chi connectivity index (χ2n) is 7.93. The van der Waals surface area contributed by atoms with E-state index >= 15 is 0 Å². The van der Waals surface area contributed by atoms with Crippen LogP contribution in [0.2, 0.25) is 0 Å². The Hall–Kier alpha value is -2.13. The van der Waals surface area contributed by atoms with Crippen molar-refractivity contribution in [2.45, 2.75) is 19.4 Å². The number of fused-ring (bicyclic) bond motifs is 1. The topological polar surface area (TPSA) is 57.2 Å². The van der Waals surface area contributed by atoms with E-state index in [4.69, 9.17) is 4.74 Å². The van der Waals surface area contributed by atoms with Gasteiger partial charge in [0.05, 0.1) is 19.8 Å². The van der Waals surface area contributed by atoms with Crippen LogP contribution < -0.4 is 10.2 Å². The molecule has 7 heteroatoms. The minimum atomic E-state index is 0. The molecule has 0 radical (unpaired) electrons. The minimum absolute atomic E-state index is 0. The number of ether oxygens (including phenoxy) is 1. The molecule has 6 nitrogen and oxygen atoms in total. The first kappa shape index (κ1) is 23.5. The molecule has 2 aliphatic heterocycles. The zero-order valence-corrected chi connectivity index (χ0v) is 20.3. The Morgan fingerprint density at radius 2 is 1.90 bits per heavy atom. The van der Waals surface area contributed by atoms with Crippen molar-refractivity contribution in [3.05, 3.63) is 65.7 Å². The quantitative estimate of drug-likeness (QED) is 0.351. The highest BCUT2D eigenvalue weighted by molar-refractivity contribution is 14.0. The van der Waals surface area contributed by atoms with E-state index in [1.165, 1.54) is 11.1 Å². The number of anilines is 1. The number of rotatable bonds is 6. The number of carbonyl (C=O) groups is 1. The molecule has 166 valence electrons. The molecule has 1 N–H and O–H groups in total. The van der Waals surface area contributed by atoms with E-state index in [2.05, 4.69) is 33.4 Å². The van der Waals surface area contributed by atoms with Crippen molar-refractivity contribution in [3.8, 4) is 0 Å². The number of likely N-dealkylation sites (tertiary alicyclic amines) is 1. The van der Waals surface area contributed by atoms with Crippen LogP contribution in [0, 0.1) is 5.92 Å². The van der Waals surface area contributed by atoms with Crippen LogP contribution in [-0.4, -0.2) is 56.6 Å². The van der Waals surface area contributed by atoms with Gasteiger partial charge < -0.3 is 19.9 Å². The molecule has 1 atom stereocenters. The highest BCUT2D eigenvalue weighted by Gasteiger charge is 2.27. The predicted octanol–water partition coefficient (Wildman–Crippen LogP) is 3.31. The fourth-order valence-corrected chi connectivity index (χ4v) is 4.26. The average Bonchev–Trinajstić information content (AvgIpc) is 3.42. The largest absolute Gasteiger partial charge is 0.376 e. The molecular weight excluding hydrogens is 503 g/mol. The standard InChI is InChI=1S/C24H30N4O2.HI/c1-25-24(26-15-23(29)28-14-12-21-9-5-6-10-22(21)28)27-13-11-20(16-27)18-30-17-19-7-3-2-4-8-19;/h2-10,20H,11-18H2,1H3,(H,25,26);1H.